The van der Waals surface area contributed by atoms with Crippen LogP contribution in [0.15, 0.2) is 36.4 Å². The molecule has 2 N–H and O–H groups in total. The molecule has 0 saturated carbocycles. The van der Waals surface area contributed by atoms with Crippen LogP contribution in [0, 0.1) is 13.8 Å². The summed E-state index contributed by atoms with van der Waals surface area (Å²) in [6.45, 7) is 3.94. The van der Waals surface area contributed by atoms with Crippen molar-refractivity contribution in [1.29, 1.82) is 0 Å². The van der Waals surface area contributed by atoms with Crippen LogP contribution in [0.25, 0.3) is 0 Å². The third-order valence-electron chi connectivity index (χ3n) is 2.77. The van der Waals surface area contributed by atoms with Gasteiger partial charge in [-0.05, 0) is 43.7 Å². The van der Waals surface area contributed by atoms with Gasteiger partial charge in [0, 0.05) is 5.02 Å². The van der Waals surface area contributed by atoms with E-state index in [1.165, 1.54) is 0 Å². The number of hydrogen-bond acceptors (Lipinski definition) is 2. The molecular weight excluding hydrogens is 278 g/mol. The van der Waals surface area contributed by atoms with Gasteiger partial charge in [-0.2, -0.15) is 0 Å². The molecule has 2 rings (SSSR count). The topological polar surface area (TPSA) is 35.2 Å². The highest BCUT2D eigenvalue weighted by atomic mass is 35.5. The van der Waals surface area contributed by atoms with Gasteiger partial charge in [-0.3, -0.25) is 0 Å². The summed E-state index contributed by atoms with van der Waals surface area (Å²) in [6, 6.07) is 11.2. The van der Waals surface area contributed by atoms with Crippen LogP contribution in [0.5, 0.6) is 11.5 Å². The Morgan fingerprint density at radius 3 is 2.53 bits per heavy atom. The van der Waals surface area contributed by atoms with Crippen LogP contribution in [0.3, 0.4) is 0 Å². The SMILES string of the molecule is Cc1ccc(Oc2cc(Cl)ccc2C)c(C(N)=S)c1. The van der Waals surface area contributed by atoms with Crippen molar-refractivity contribution in [2.45, 2.75) is 13.8 Å². The van der Waals surface area contributed by atoms with Gasteiger partial charge in [-0.25, -0.2) is 0 Å². The maximum Gasteiger partial charge on any atom is 0.137 e. The van der Waals surface area contributed by atoms with Crippen LogP contribution in [-0.4, -0.2) is 4.99 Å². The molecule has 4 heteroatoms. The van der Waals surface area contributed by atoms with Crippen molar-refractivity contribution in [3.05, 3.63) is 58.1 Å². The Bertz CT molecular complexity index is 640. The summed E-state index contributed by atoms with van der Waals surface area (Å²) in [5.41, 5.74) is 8.54. The van der Waals surface area contributed by atoms with Crippen LogP contribution in [-0.2, 0) is 0 Å². The number of ether oxygens (including phenoxy) is 1. The van der Waals surface area contributed by atoms with E-state index in [4.69, 9.17) is 34.3 Å². The van der Waals surface area contributed by atoms with Crippen LogP contribution in [0.1, 0.15) is 16.7 Å². The molecule has 0 aromatic heterocycles. The highest BCUT2D eigenvalue weighted by Gasteiger charge is 2.09. The van der Waals surface area contributed by atoms with Gasteiger partial charge in [-0.15, -0.1) is 0 Å². The standard InChI is InChI=1S/C15H14ClNOS/c1-9-3-6-13(12(7-9)15(17)19)18-14-8-11(16)5-4-10(14)2/h3-8H,1-2H3,(H2,17,19). The van der Waals surface area contributed by atoms with E-state index in [-0.39, 0.29) is 0 Å². The first kappa shape index (κ1) is 13.8. The van der Waals surface area contributed by atoms with Crippen LogP contribution >= 0.6 is 23.8 Å². The fraction of sp³-hybridized carbons (Fsp3) is 0.133. The summed E-state index contributed by atoms with van der Waals surface area (Å²) in [5, 5.41) is 0.629. The van der Waals surface area contributed by atoms with E-state index in [0.29, 0.717) is 21.5 Å². The summed E-state index contributed by atoms with van der Waals surface area (Å²) in [7, 11) is 0. The lowest BCUT2D eigenvalue weighted by molar-refractivity contribution is 0.478. The van der Waals surface area contributed by atoms with Gasteiger partial charge in [0.1, 0.15) is 16.5 Å². The minimum absolute atomic E-state index is 0.318. The Morgan fingerprint density at radius 1 is 1.11 bits per heavy atom. The minimum atomic E-state index is 0.318. The smallest absolute Gasteiger partial charge is 0.137 e. The molecule has 2 aromatic carbocycles. The van der Waals surface area contributed by atoms with Crippen molar-refractivity contribution < 1.29 is 4.74 Å². The average Bonchev–Trinajstić information content (AvgIpc) is 2.35. The summed E-state index contributed by atoms with van der Waals surface area (Å²) in [5.74, 6) is 1.34. The predicted octanol–water partition coefficient (Wildman–Crippen LogP) is 4.38. The zero-order valence-corrected chi connectivity index (χ0v) is 12.3. The summed E-state index contributed by atoms with van der Waals surface area (Å²) >= 11 is 11.0. The predicted molar refractivity (Wildman–Crippen MR) is 83.3 cm³/mol. The third kappa shape index (κ3) is 3.25. The van der Waals surface area contributed by atoms with E-state index in [9.17, 15) is 0 Å². The quantitative estimate of drug-likeness (QED) is 0.852. The fourth-order valence-electron chi connectivity index (χ4n) is 1.73. The Morgan fingerprint density at radius 2 is 1.84 bits per heavy atom. The summed E-state index contributed by atoms with van der Waals surface area (Å²) < 4.78 is 5.89. The molecule has 0 saturated heterocycles. The molecule has 0 aliphatic carbocycles. The second-order valence-electron chi connectivity index (χ2n) is 4.38. The lowest BCUT2D eigenvalue weighted by atomic mass is 10.1. The zero-order chi connectivity index (χ0) is 14.0. The largest absolute Gasteiger partial charge is 0.456 e. The lowest BCUT2D eigenvalue weighted by Gasteiger charge is -2.13. The van der Waals surface area contributed by atoms with Crippen molar-refractivity contribution >= 4 is 28.8 Å². The van der Waals surface area contributed by atoms with Crippen LogP contribution in [0.4, 0.5) is 0 Å². The summed E-state index contributed by atoms with van der Waals surface area (Å²) in [6.07, 6.45) is 0. The molecule has 19 heavy (non-hydrogen) atoms. The molecule has 0 heterocycles. The average molecular weight is 292 g/mol. The van der Waals surface area contributed by atoms with E-state index < -0.39 is 0 Å². The maximum absolute atomic E-state index is 5.98. The molecule has 0 aliphatic rings. The second kappa shape index (κ2) is 5.59. The van der Waals surface area contributed by atoms with E-state index in [1.807, 2.05) is 44.2 Å². The second-order valence-corrected chi connectivity index (χ2v) is 5.25. The normalized spacial score (nSPS) is 10.3. The zero-order valence-electron chi connectivity index (χ0n) is 10.7. The van der Waals surface area contributed by atoms with E-state index in [1.54, 1.807) is 6.07 Å². The van der Waals surface area contributed by atoms with E-state index in [2.05, 4.69) is 0 Å². The minimum Gasteiger partial charge on any atom is -0.456 e. The first-order valence-electron chi connectivity index (χ1n) is 5.82. The van der Waals surface area contributed by atoms with Crippen molar-refractivity contribution in [3.63, 3.8) is 0 Å². The summed E-state index contributed by atoms with van der Waals surface area (Å²) in [4.78, 5) is 0.318. The molecule has 0 aliphatic heterocycles. The van der Waals surface area contributed by atoms with Gasteiger partial charge in [0.25, 0.3) is 0 Å². The van der Waals surface area contributed by atoms with Crippen molar-refractivity contribution in [2.75, 3.05) is 0 Å². The molecule has 0 spiro atoms. The molecule has 0 amide bonds. The van der Waals surface area contributed by atoms with E-state index >= 15 is 0 Å². The Labute approximate surface area is 123 Å². The number of halogens is 1. The lowest BCUT2D eigenvalue weighted by Crippen LogP contribution is -2.11. The van der Waals surface area contributed by atoms with Crippen LogP contribution < -0.4 is 10.5 Å². The molecule has 0 unspecified atom stereocenters. The van der Waals surface area contributed by atoms with Gasteiger partial charge in [-0.1, -0.05) is 41.5 Å². The highest BCUT2D eigenvalue weighted by molar-refractivity contribution is 7.80. The Kier molecular flexibility index (Phi) is 4.08. The Hall–Kier alpha value is -1.58. The van der Waals surface area contributed by atoms with Crippen molar-refractivity contribution in [1.82, 2.24) is 0 Å². The first-order chi connectivity index (χ1) is 8.97. The van der Waals surface area contributed by atoms with Gasteiger partial charge in [0.2, 0.25) is 0 Å². The maximum atomic E-state index is 5.98. The molecule has 0 bridgehead atoms. The van der Waals surface area contributed by atoms with Gasteiger partial charge >= 0.3 is 0 Å². The van der Waals surface area contributed by atoms with Gasteiger partial charge in [0.05, 0.1) is 5.56 Å². The van der Waals surface area contributed by atoms with Gasteiger partial charge < -0.3 is 10.5 Å². The number of hydrogen-bond donors (Lipinski definition) is 1. The number of nitrogens with two attached hydrogens (primary N) is 1. The third-order valence-corrected chi connectivity index (χ3v) is 3.23. The van der Waals surface area contributed by atoms with Crippen LogP contribution in [0.2, 0.25) is 5.02 Å². The van der Waals surface area contributed by atoms with Crippen molar-refractivity contribution in [3.8, 4) is 11.5 Å². The fourth-order valence-corrected chi connectivity index (χ4v) is 2.05. The molecular formula is C15H14ClNOS. The molecule has 98 valence electrons. The number of thiocarbonyl (C=S) groups is 1. The van der Waals surface area contributed by atoms with Crippen molar-refractivity contribution in [2.24, 2.45) is 5.73 Å². The first-order valence-corrected chi connectivity index (χ1v) is 6.60. The number of rotatable bonds is 3. The van der Waals surface area contributed by atoms with Gasteiger partial charge in [0.15, 0.2) is 0 Å². The molecule has 0 atom stereocenters. The Balaban J connectivity index is 2.43. The monoisotopic (exact) mass is 291 g/mol. The highest BCUT2D eigenvalue weighted by Crippen LogP contribution is 2.30. The molecule has 2 nitrogen and oxygen atoms in total. The number of benzene rings is 2. The number of aryl methyl sites for hydroxylation is 2. The van der Waals surface area contributed by atoms with E-state index in [0.717, 1.165) is 16.7 Å². The molecule has 0 fully saturated rings. The molecule has 0 radical (unpaired) electrons. The molecule has 2 aromatic rings.